The van der Waals surface area contributed by atoms with Crippen molar-refractivity contribution in [3.63, 3.8) is 0 Å². The van der Waals surface area contributed by atoms with E-state index in [9.17, 15) is 24.2 Å². The van der Waals surface area contributed by atoms with E-state index in [2.05, 4.69) is 4.98 Å². The van der Waals surface area contributed by atoms with Crippen molar-refractivity contribution in [3.8, 4) is 0 Å². The second kappa shape index (κ2) is 6.87. The minimum absolute atomic E-state index is 0.00583. The molecule has 1 aromatic carbocycles. The Morgan fingerprint density at radius 3 is 2.62 bits per heavy atom. The lowest BCUT2D eigenvalue weighted by Crippen LogP contribution is -2.58. The number of aromatic nitrogens is 2. The molecule has 0 unspecified atom stereocenters. The predicted octanol–water partition coefficient (Wildman–Crippen LogP) is 1.08. The molecule has 3 rings (SSSR count). The highest BCUT2D eigenvalue weighted by Crippen LogP contribution is 2.35. The molecule has 0 radical (unpaired) electrons. The summed E-state index contributed by atoms with van der Waals surface area (Å²) in [7, 11) is 1.68. The zero-order valence-corrected chi connectivity index (χ0v) is 14.3. The summed E-state index contributed by atoms with van der Waals surface area (Å²) in [6.07, 6.45) is 2.15. The number of nitrogens with zero attached hydrogens (tertiary/aromatic N) is 3. The van der Waals surface area contributed by atoms with E-state index in [1.807, 2.05) is 0 Å². The number of halogens is 1. The Balaban J connectivity index is 1.90. The zero-order valence-electron chi connectivity index (χ0n) is 14.3. The van der Waals surface area contributed by atoms with E-state index < -0.39 is 23.3 Å². The molecule has 1 aliphatic rings. The standard InChI is InChI=1S/C18H20FN3O4/c1-21-9-7-20-15(21)16(24)22-8-6-14(23)18(11-22,17(25)26)10-12-2-4-13(19)5-3-12/h2-5,7,9,14,23H,6,8,10-11H2,1H3,(H,25,26)/t14-,18-/m1/s1. The highest BCUT2D eigenvalue weighted by molar-refractivity contribution is 5.91. The molecular weight excluding hydrogens is 341 g/mol. The average Bonchev–Trinajstić information content (AvgIpc) is 3.04. The maximum atomic E-state index is 13.1. The number of hydrogen-bond donors (Lipinski definition) is 2. The first-order chi connectivity index (χ1) is 12.3. The first-order valence-corrected chi connectivity index (χ1v) is 8.26. The summed E-state index contributed by atoms with van der Waals surface area (Å²) < 4.78 is 14.7. The highest BCUT2D eigenvalue weighted by Gasteiger charge is 2.50. The molecule has 0 spiro atoms. The van der Waals surface area contributed by atoms with Crippen LogP contribution in [0.5, 0.6) is 0 Å². The maximum Gasteiger partial charge on any atom is 0.314 e. The van der Waals surface area contributed by atoms with Crippen molar-refractivity contribution in [2.75, 3.05) is 13.1 Å². The van der Waals surface area contributed by atoms with Crippen LogP contribution in [-0.2, 0) is 18.3 Å². The monoisotopic (exact) mass is 361 g/mol. The molecule has 138 valence electrons. The number of benzene rings is 1. The predicted molar refractivity (Wildman–Crippen MR) is 89.9 cm³/mol. The summed E-state index contributed by atoms with van der Waals surface area (Å²) in [5.74, 6) is -1.78. The number of piperidine rings is 1. The van der Waals surface area contributed by atoms with Crippen LogP contribution in [0.2, 0.25) is 0 Å². The fraction of sp³-hybridized carbons (Fsp3) is 0.389. The first kappa shape index (κ1) is 18.1. The number of aryl methyl sites for hydroxylation is 1. The SMILES string of the molecule is Cn1ccnc1C(=O)N1CC[C@@H](O)[C@](Cc2ccc(F)cc2)(C(=O)O)C1. The summed E-state index contributed by atoms with van der Waals surface area (Å²) in [6.45, 7) is 0.0951. The van der Waals surface area contributed by atoms with E-state index in [1.165, 1.54) is 35.4 Å². The number of aliphatic hydroxyl groups is 1. The van der Waals surface area contributed by atoms with Crippen molar-refractivity contribution in [3.05, 3.63) is 53.9 Å². The van der Waals surface area contributed by atoms with E-state index >= 15 is 0 Å². The summed E-state index contributed by atoms with van der Waals surface area (Å²) in [5, 5.41) is 20.3. The molecule has 1 aliphatic heterocycles. The number of aliphatic hydroxyl groups excluding tert-OH is 1. The smallest absolute Gasteiger partial charge is 0.314 e. The van der Waals surface area contributed by atoms with Gasteiger partial charge >= 0.3 is 5.97 Å². The molecule has 2 N–H and O–H groups in total. The zero-order chi connectivity index (χ0) is 18.9. The number of aliphatic carboxylic acids is 1. The van der Waals surface area contributed by atoms with E-state index in [4.69, 9.17) is 0 Å². The number of carbonyl (C=O) groups is 2. The van der Waals surface area contributed by atoms with Gasteiger partial charge in [0, 0.05) is 32.5 Å². The highest BCUT2D eigenvalue weighted by atomic mass is 19.1. The third-order valence-electron chi connectivity index (χ3n) is 4.94. The fourth-order valence-electron chi connectivity index (χ4n) is 3.39. The van der Waals surface area contributed by atoms with Crippen LogP contribution in [0.15, 0.2) is 36.7 Å². The van der Waals surface area contributed by atoms with Crippen molar-refractivity contribution in [2.45, 2.75) is 18.9 Å². The molecule has 2 heterocycles. The average molecular weight is 361 g/mol. The van der Waals surface area contributed by atoms with E-state index in [0.717, 1.165) is 0 Å². The van der Waals surface area contributed by atoms with Crippen molar-refractivity contribution in [1.82, 2.24) is 14.5 Å². The quantitative estimate of drug-likeness (QED) is 0.850. The van der Waals surface area contributed by atoms with Gasteiger partial charge in [0.1, 0.15) is 11.2 Å². The molecule has 1 fully saturated rings. The molecule has 1 saturated heterocycles. The van der Waals surface area contributed by atoms with Crippen LogP contribution in [0.25, 0.3) is 0 Å². The van der Waals surface area contributed by atoms with Crippen LogP contribution in [0, 0.1) is 11.2 Å². The first-order valence-electron chi connectivity index (χ1n) is 8.26. The number of carbonyl (C=O) groups excluding carboxylic acids is 1. The number of carboxylic acid groups (broad SMARTS) is 1. The Hall–Kier alpha value is -2.74. The number of imidazole rings is 1. The summed E-state index contributed by atoms with van der Waals surface area (Å²) in [6, 6.07) is 5.48. The molecule has 1 aromatic heterocycles. The van der Waals surface area contributed by atoms with Crippen LogP contribution in [0.4, 0.5) is 4.39 Å². The molecule has 8 heteroatoms. The fourth-order valence-corrected chi connectivity index (χ4v) is 3.39. The van der Waals surface area contributed by atoms with Gasteiger partial charge in [-0.15, -0.1) is 0 Å². The van der Waals surface area contributed by atoms with Gasteiger partial charge in [0.25, 0.3) is 5.91 Å². The second-order valence-corrected chi connectivity index (χ2v) is 6.66. The molecule has 1 amide bonds. The Morgan fingerprint density at radius 2 is 2.04 bits per heavy atom. The molecule has 2 atom stereocenters. The maximum absolute atomic E-state index is 13.1. The van der Waals surface area contributed by atoms with Gasteiger partial charge in [-0.25, -0.2) is 9.37 Å². The van der Waals surface area contributed by atoms with Gasteiger partial charge in [0.2, 0.25) is 0 Å². The number of rotatable bonds is 4. The van der Waals surface area contributed by atoms with Crippen LogP contribution in [-0.4, -0.2) is 55.7 Å². The van der Waals surface area contributed by atoms with Gasteiger partial charge < -0.3 is 19.7 Å². The Kier molecular flexibility index (Phi) is 4.78. The third kappa shape index (κ3) is 3.20. The molecule has 2 aromatic rings. The lowest BCUT2D eigenvalue weighted by Gasteiger charge is -2.43. The summed E-state index contributed by atoms with van der Waals surface area (Å²) >= 11 is 0. The summed E-state index contributed by atoms with van der Waals surface area (Å²) in [4.78, 5) is 30.2. The Labute approximate surface area is 149 Å². The largest absolute Gasteiger partial charge is 0.481 e. The summed E-state index contributed by atoms with van der Waals surface area (Å²) in [5.41, 5.74) is -0.976. The molecule has 0 bridgehead atoms. The lowest BCUT2D eigenvalue weighted by molar-refractivity contribution is -0.161. The number of amides is 1. The Morgan fingerprint density at radius 1 is 1.35 bits per heavy atom. The minimum Gasteiger partial charge on any atom is -0.481 e. The van der Waals surface area contributed by atoms with Gasteiger partial charge in [-0.05, 0) is 30.5 Å². The van der Waals surface area contributed by atoms with E-state index in [1.54, 1.807) is 17.8 Å². The van der Waals surface area contributed by atoms with E-state index in [0.29, 0.717) is 5.56 Å². The van der Waals surface area contributed by atoms with Crippen LogP contribution in [0.3, 0.4) is 0 Å². The van der Waals surface area contributed by atoms with Crippen molar-refractivity contribution < 1.29 is 24.2 Å². The van der Waals surface area contributed by atoms with Gasteiger partial charge in [0.15, 0.2) is 5.82 Å². The van der Waals surface area contributed by atoms with Crippen molar-refractivity contribution >= 4 is 11.9 Å². The number of likely N-dealkylation sites (tertiary alicyclic amines) is 1. The third-order valence-corrected chi connectivity index (χ3v) is 4.94. The van der Waals surface area contributed by atoms with Gasteiger partial charge in [-0.3, -0.25) is 9.59 Å². The molecule has 26 heavy (non-hydrogen) atoms. The Bertz CT molecular complexity index is 820. The van der Waals surface area contributed by atoms with Crippen LogP contribution in [0.1, 0.15) is 22.6 Å². The molecule has 0 saturated carbocycles. The van der Waals surface area contributed by atoms with Crippen LogP contribution < -0.4 is 0 Å². The number of hydrogen-bond acceptors (Lipinski definition) is 4. The van der Waals surface area contributed by atoms with Crippen molar-refractivity contribution in [1.29, 1.82) is 0 Å². The molecular formula is C18H20FN3O4. The van der Waals surface area contributed by atoms with Gasteiger partial charge in [-0.2, -0.15) is 0 Å². The van der Waals surface area contributed by atoms with Crippen molar-refractivity contribution in [2.24, 2.45) is 12.5 Å². The minimum atomic E-state index is -1.56. The molecule has 0 aliphatic carbocycles. The second-order valence-electron chi connectivity index (χ2n) is 6.66. The normalized spacial score (nSPS) is 23.0. The number of carboxylic acids is 1. The topological polar surface area (TPSA) is 95.7 Å². The van der Waals surface area contributed by atoms with Gasteiger partial charge in [-0.1, -0.05) is 12.1 Å². The van der Waals surface area contributed by atoms with Crippen LogP contribution >= 0.6 is 0 Å². The molecule has 7 nitrogen and oxygen atoms in total. The lowest BCUT2D eigenvalue weighted by atomic mass is 9.73. The van der Waals surface area contributed by atoms with Gasteiger partial charge in [0.05, 0.1) is 6.10 Å². The van der Waals surface area contributed by atoms with E-state index in [-0.39, 0.29) is 37.7 Å².